The first kappa shape index (κ1) is 18.8. The number of nitriles is 1. The fourth-order valence-corrected chi connectivity index (χ4v) is 4.20. The highest BCUT2D eigenvalue weighted by Crippen LogP contribution is 2.37. The third-order valence-corrected chi connectivity index (χ3v) is 5.65. The molecule has 146 valence electrons. The number of nitrogens with zero attached hydrogens (tertiary/aromatic N) is 5. The summed E-state index contributed by atoms with van der Waals surface area (Å²) in [7, 11) is 1.97. The van der Waals surface area contributed by atoms with Gasteiger partial charge >= 0.3 is 0 Å². The number of nitrogens with two attached hydrogens (primary N) is 1. The minimum atomic E-state index is -0.266. The number of H-pyrrole nitrogens is 1. The van der Waals surface area contributed by atoms with E-state index < -0.39 is 0 Å². The molecule has 0 radical (unpaired) electrons. The van der Waals surface area contributed by atoms with Crippen molar-refractivity contribution in [2.45, 2.75) is 12.8 Å². The van der Waals surface area contributed by atoms with Crippen LogP contribution in [0, 0.1) is 17.1 Å². The Balaban J connectivity index is 1.57. The van der Waals surface area contributed by atoms with E-state index in [9.17, 15) is 9.65 Å². The lowest BCUT2D eigenvalue weighted by Crippen LogP contribution is -2.20. The second kappa shape index (κ2) is 7.85. The normalized spacial score (nSPS) is 10.9. The van der Waals surface area contributed by atoms with Gasteiger partial charge in [0.1, 0.15) is 34.4 Å². The van der Waals surface area contributed by atoms with Crippen molar-refractivity contribution in [3.05, 3.63) is 53.0 Å². The van der Waals surface area contributed by atoms with E-state index in [-0.39, 0.29) is 11.6 Å². The molecular weight excluding hydrogens is 389 g/mol. The lowest BCUT2D eigenvalue weighted by Gasteiger charge is -2.19. The molecule has 0 aliphatic rings. The van der Waals surface area contributed by atoms with Gasteiger partial charge in [-0.25, -0.2) is 14.4 Å². The summed E-state index contributed by atoms with van der Waals surface area (Å²) >= 11 is 1.54. The van der Waals surface area contributed by atoms with E-state index in [1.54, 1.807) is 18.5 Å². The second-order valence-electron chi connectivity index (χ2n) is 6.63. The van der Waals surface area contributed by atoms with Crippen LogP contribution < -0.4 is 10.6 Å². The van der Waals surface area contributed by atoms with Gasteiger partial charge < -0.3 is 10.6 Å². The van der Waals surface area contributed by atoms with Crippen molar-refractivity contribution in [3.8, 4) is 17.2 Å². The van der Waals surface area contributed by atoms with Crippen LogP contribution in [0.2, 0.25) is 0 Å². The van der Waals surface area contributed by atoms with Crippen LogP contribution >= 0.6 is 11.3 Å². The summed E-state index contributed by atoms with van der Waals surface area (Å²) in [4.78, 5) is 11.8. The molecule has 3 aromatic heterocycles. The molecule has 0 saturated carbocycles. The number of halogens is 1. The van der Waals surface area contributed by atoms with Gasteiger partial charge in [-0.2, -0.15) is 10.4 Å². The number of anilines is 2. The zero-order valence-corrected chi connectivity index (χ0v) is 16.5. The molecule has 3 heterocycles. The summed E-state index contributed by atoms with van der Waals surface area (Å²) in [5.41, 5.74) is 8.76. The molecule has 9 heteroatoms. The Morgan fingerprint density at radius 1 is 1.28 bits per heavy atom. The van der Waals surface area contributed by atoms with Crippen LogP contribution in [0.25, 0.3) is 21.3 Å². The minimum absolute atomic E-state index is 0.232. The number of hydrogen-bond donors (Lipinski definition) is 2. The van der Waals surface area contributed by atoms with Crippen molar-refractivity contribution in [2.75, 3.05) is 24.2 Å². The van der Waals surface area contributed by atoms with Crippen LogP contribution in [0.5, 0.6) is 0 Å². The molecule has 3 N–H and O–H groups in total. The number of fused-ring (bicyclic) bond motifs is 1. The van der Waals surface area contributed by atoms with Gasteiger partial charge in [0.2, 0.25) is 0 Å². The quantitative estimate of drug-likeness (QED) is 0.504. The van der Waals surface area contributed by atoms with Crippen molar-refractivity contribution < 1.29 is 4.39 Å². The molecule has 0 fully saturated rings. The lowest BCUT2D eigenvalue weighted by molar-refractivity contribution is 0.628. The van der Waals surface area contributed by atoms with E-state index >= 15 is 0 Å². The zero-order chi connectivity index (χ0) is 20.4. The van der Waals surface area contributed by atoms with E-state index in [1.165, 1.54) is 23.5 Å². The summed E-state index contributed by atoms with van der Waals surface area (Å²) in [5.74, 6) is 0.786. The smallest absolute Gasteiger partial charge is 0.163 e. The number of aromatic nitrogens is 4. The Labute approximate surface area is 170 Å². The number of benzene rings is 1. The SMILES string of the molecule is CN(CCCc1[nH]nc(N)c1C#N)c1ncnc2scc(-c3ccc(F)cc3)c12. The average Bonchev–Trinajstić information content (AvgIpc) is 3.31. The van der Waals surface area contributed by atoms with Crippen molar-refractivity contribution in [3.63, 3.8) is 0 Å². The highest BCUT2D eigenvalue weighted by atomic mass is 32.1. The molecule has 0 saturated heterocycles. The molecule has 0 spiro atoms. The summed E-state index contributed by atoms with van der Waals surface area (Å²) in [6, 6.07) is 8.52. The topological polar surface area (TPSA) is 108 Å². The maximum atomic E-state index is 13.3. The Kier molecular flexibility index (Phi) is 5.10. The summed E-state index contributed by atoms with van der Waals surface area (Å²) in [5, 5.41) is 18.9. The molecular formula is C20H18FN7S. The number of thiophene rings is 1. The van der Waals surface area contributed by atoms with Gasteiger partial charge in [-0.3, -0.25) is 5.10 Å². The third-order valence-electron chi connectivity index (χ3n) is 4.77. The maximum Gasteiger partial charge on any atom is 0.163 e. The summed E-state index contributed by atoms with van der Waals surface area (Å²) < 4.78 is 13.3. The fourth-order valence-electron chi connectivity index (χ4n) is 3.29. The Hall–Kier alpha value is -3.51. The van der Waals surface area contributed by atoms with Crippen LogP contribution in [0.4, 0.5) is 16.0 Å². The molecule has 0 atom stereocenters. The number of nitrogens with one attached hydrogen (secondary N) is 1. The predicted octanol–water partition coefficient (Wildman–Crippen LogP) is 3.74. The number of aromatic amines is 1. The van der Waals surface area contributed by atoms with E-state index in [0.717, 1.165) is 39.3 Å². The molecule has 1 aromatic carbocycles. The van der Waals surface area contributed by atoms with Gasteiger partial charge in [-0.1, -0.05) is 12.1 Å². The number of aryl methyl sites for hydroxylation is 1. The Morgan fingerprint density at radius 3 is 2.83 bits per heavy atom. The third kappa shape index (κ3) is 3.62. The van der Waals surface area contributed by atoms with Crippen LogP contribution in [0.15, 0.2) is 36.0 Å². The molecule has 4 rings (SSSR count). The zero-order valence-electron chi connectivity index (χ0n) is 15.7. The van der Waals surface area contributed by atoms with Gasteiger partial charge in [-0.15, -0.1) is 11.3 Å². The van der Waals surface area contributed by atoms with Gasteiger partial charge in [0.15, 0.2) is 5.82 Å². The van der Waals surface area contributed by atoms with Crippen molar-refractivity contribution >= 4 is 33.2 Å². The molecule has 7 nitrogen and oxygen atoms in total. The molecule has 0 bridgehead atoms. The largest absolute Gasteiger partial charge is 0.381 e. The molecule has 4 aromatic rings. The second-order valence-corrected chi connectivity index (χ2v) is 7.49. The van der Waals surface area contributed by atoms with Crippen molar-refractivity contribution in [2.24, 2.45) is 0 Å². The van der Waals surface area contributed by atoms with Crippen LogP contribution in [0.3, 0.4) is 0 Å². The first-order valence-corrected chi connectivity index (χ1v) is 9.88. The van der Waals surface area contributed by atoms with Crippen molar-refractivity contribution in [1.29, 1.82) is 5.26 Å². The van der Waals surface area contributed by atoms with Crippen LogP contribution in [-0.2, 0) is 6.42 Å². The standard InChI is InChI=1S/C20H18FN7S/c1-28(8-2-3-16-14(9-22)18(23)27-26-16)19-17-15(10-29-20(17)25-11-24-19)12-4-6-13(21)7-5-12/h4-7,10-11H,2-3,8H2,1H3,(H3,23,26,27). The maximum absolute atomic E-state index is 13.3. The van der Waals surface area contributed by atoms with Crippen LogP contribution in [-0.4, -0.2) is 33.8 Å². The van der Waals surface area contributed by atoms with E-state index in [2.05, 4.69) is 31.1 Å². The first-order chi connectivity index (χ1) is 14.1. The van der Waals surface area contributed by atoms with Gasteiger partial charge in [0.25, 0.3) is 0 Å². The Morgan fingerprint density at radius 2 is 2.07 bits per heavy atom. The number of rotatable bonds is 6. The predicted molar refractivity (Wildman–Crippen MR) is 112 cm³/mol. The molecule has 29 heavy (non-hydrogen) atoms. The average molecular weight is 407 g/mol. The van der Waals surface area contributed by atoms with E-state index in [4.69, 9.17) is 5.73 Å². The lowest BCUT2D eigenvalue weighted by atomic mass is 10.1. The van der Waals surface area contributed by atoms with Crippen molar-refractivity contribution in [1.82, 2.24) is 20.2 Å². The highest BCUT2D eigenvalue weighted by molar-refractivity contribution is 7.17. The molecule has 0 amide bonds. The molecule has 0 aliphatic carbocycles. The fraction of sp³-hybridized carbons (Fsp3) is 0.200. The number of hydrogen-bond acceptors (Lipinski definition) is 7. The summed E-state index contributed by atoms with van der Waals surface area (Å²) in [6.07, 6.45) is 3.00. The molecule has 0 unspecified atom stereocenters. The van der Waals surface area contributed by atoms with E-state index in [0.29, 0.717) is 18.5 Å². The van der Waals surface area contributed by atoms with Gasteiger partial charge in [0.05, 0.1) is 11.1 Å². The van der Waals surface area contributed by atoms with Crippen LogP contribution in [0.1, 0.15) is 17.7 Å². The minimum Gasteiger partial charge on any atom is -0.381 e. The Bertz CT molecular complexity index is 1190. The number of nitrogen functional groups attached to an aromatic ring is 1. The highest BCUT2D eigenvalue weighted by Gasteiger charge is 2.16. The first-order valence-electron chi connectivity index (χ1n) is 9.00. The molecule has 0 aliphatic heterocycles. The summed E-state index contributed by atoms with van der Waals surface area (Å²) in [6.45, 7) is 0.717. The van der Waals surface area contributed by atoms with E-state index in [1.807, 2.05) is 12.4 Å². The van der Waals surface area contributed by atoms with Gasteiger partial charge in [-0.05, 0) is 30.5 Å². The monoisotopic (exact) mass is 407 g/mol. The van der Waals surface area contributed by atoms with Gasteiger partial charge in [0, 0.05) is 24.5 Å².